The Kier molecular flexibility index (Phi) is 12.7. The zero-order chi connectivity index (χ0) is 20.8. The van der Waals surface area contributed by atoms with E-state index < -0.39 is 12.2 Å². The second-order valence-corrected chi connectivity index (χ2v) is 7.55. The number of hydrogen-bond acceptors (Lipinski definition) is 5. The fourth-order valence-electron chi connectivity index (χ4n) is 3.51. The van der Waals surface area contributed by atoms with Crippen molar-refractivity contribution < 1.29 is 24.9 Å². The molecule has 0 aromatic rings. The molecule has 0 aliphatic heterocycles. The zero-order valence-electron chi connectivity index (χ0n) is 17.1. The van der Waals surface area contributed by atoms with Crippen LogP contribution in [0.5, 0.6) is 0 Å². The first-order chi connectivity index (χ1) is 13.5. The Morgan fingerprint density at radius 3 is 2.79 bits per heavy atom. The van der Waals surface area contributed by atoms with Gasteiger partial charge in [-0.2, -0.15) is 0 Å². The van der Waals surface area contributed by atoms with Crippen LogP contribution in [0.2, 0.25) is 0 Å². The number of allylic oxidation sites excluding steroid dienone is 3. The van der Waals surface area contributed by atoms with Gasteiger partial charge in [0.05, 0.1) is 18.8 Å². The summed E-state index contributed by atoms with van der Waals surface area (Å²) in [5.41, 5.74) is 0. The summed E-state index contributed by atoms with van der Waals surface area (Å²) >= 11 is 0. The van der Waals surface area contributed by atoms with Gasteiger partial charge in [0, 0.05) is 31.2 Å². The minimum atomic E-state index is -0.645. The molecule has 1 aliphatic rings. The predicted molar refractivity (Wildman–Crippen MR) is 110 cm³/mol. The molecule has 1 amide bonds. The Labute approximate surface area is 168 Å². The van der Waals surface area contributed by atoms with E-state index >= 15 is 0 Å². The van der Waals surface area contributed by atoms with E-state index in [4.69, 9.17) is 5.11 Å². The topological polar surface area (TPSA) is 107 Å². The van der Waals surface area contributed by atoms with Crippen molar-refractivity contribution in [3.05, 3.63) is 24.3 Å². The van der Waals surface area contributed by atoms with Crippen molar-refractivity contribution in [2.45, 2.75) is 76.9 Å². The Bertz CT molecular complexity index is 517. The van der Waals surface area contributed by atoms with E-state index in [2.05, 4.69) is 12.2 Å². The highest BCUT2D eigenvalue weighted by Gasteiger charge is 2.39. The van der Waals surface area contributed by atoms with Gasteiger partial charge in [-0.05, 0) is 25.7 Å². The number of Topliss-reactive ketones (excluding diaryl/α,β-unsaturated/α-hetero) is 1. The number of aliphatic hydroxyl groups is 3. The Hall–Kier alpha value is -1.50. The second kappa shape index (κ2) is 14.5. The van der Waals surface area contributed by atoms with Gasteiger partial charge in [0.25, 0.3) is 0 Å². The molecule has 0 aromatic carbocycles. The van der Waals surface area contributed by atoms with Gasteiger partial charge in [-0.1, -0.05) is 50.5 Å². The van der Waals surface area contributed by atoms with E-state index in [1.54, 1.807) is 12.2 Å². The third-order valence-corrected chi connectivity index (χ3v) is 5.17. The van der Waals surface area contributed by atoms with E-state index in [1.165, 1.54) is 0 Å². The van der Waals surface area contributed by atoms with Crippen molar-refractivity contribution in [1.29, 1.82) is 0 Å². The Balaban J connectivity index is 2.40. The molecule has 4 N–H and O–H groups in total. The number of nitrogens with one attached hydrogen (secondary N) is 1. The van der Waals surface area contributed by atoms with E-state index in [1.807, 2.05) is 12.2 Å². The summed E-state index contributed by atoms with van der Waals surface area (Å²) in [6.07, 6.45) is 12.8. The first-order valence-electron chi connectivity index (χ1n) is 10.6. The zero-order valence-corrected chi connectivity index (χ0v) is 17.1. The van der Waals surface area contributed by atoms with Crippen molar-refractivity contribution in [3.63, 3.8) is 0 Å². The summed E-state index contributed by atoms with van der Waals surface area (Å²) in [4.78, 5) is 23.6. The van der Waals surface area contributed by atoms with Crippen LogP contribution in [0.4, 0.5) is 0 Å². The minimum Gasteiger partial charge on any atom is -0.395 e. The van der Waals surface area contributed by atoms with Gasteiger partial charge in [0.15, 0.2) is 0 Å². The highest BCUT2D eigenvalue weighted by atomic mass is 16.3. The molecule has 1 rings (SSSR count). The summed E-state index contributed by atoms with van der Waals surface area (Å²) in [6.45, 7) is 2.34. The van der Waals surface area contributed by atoms with Gasteiger partial charge in [0.1, 0.15) is 5.78 Å². The molecule has 0 spiro atoms. The maximum atomic E-state index is 12.2. The second-order valence-electron chi connectivity index (χ2n) is 7.55. The van der Waals surface area contributed by atoms with E-state index in [0.29, 0.717) is 25.7 Å². The molecule has 0 saturated heterocycles. The van der Waals surface area contributed by atoms with Crippen LogP contribution in [0.25, 0.3) is 0 Å². The molecule has 1 saturated carbocycles. The van der Waals surface area contributed by atoms with Crippen LogP contribution in [0, 0.1) is 11.8 Å². The summed E-state index contributed by atoms with van der Waals surface area (Å²) in [6, 6.07) is 0. The highest BCUT2D eigenvalue weighted by molar-refractivity contribution is 5.86. The third kappa shape index (κ3) is 9.62. The molecule has 6 nitrogen and oxygen atoms in total. The molecule has 0 aromatic heterocycles. The summed E-state index contributed by atoms with van der Waals surface area (Å²) in [5, 5.41) is 31.5. The molecule has 1 fully saturated rings. The van der Waals surface area contributed by atoms with Crippen LogP contribution in [-0.4, -0.2) is 52.4 Å². The molecule has 0 unspecified atom stereocenters. The van der Waals surface area contributed by atoms with Crippen LogP contribution >= 0.6 is 0 Å². The van der Waals surface area contributed by atoms with Gasteiger partial charge < -0.3 is 20.6 Å². The van der Waals surface area contributed by atoms with Crippen LogP contribution in [0.1, 0.15) is 64.7 Å². The molecule has 28 heavy (non-hydrogen) atoms. The van der Waals surface area contributed by atoms with E-state index in [9.17, 15) is 19.8 Å². The van der Waals surface area contributed by atoms with Gasteiger partial charge in [-0.15, -0.1) is 0 Å². The lowest BCUT2D eigenvalue weighted by molar-refractivity contribution is -0.121. The van der Waals surface area contributed by atoms with Gasteiger partial charge >= 0.3 is 0 Å². The molecule has 4 atom stereocenters. The maximum Gasteiger partial charge on any atom is 0.220 e. The molecule has 0 bridgehead atoms. The average Bonchev–Trinajstić information content (AvgIpc) is 2.94. The summed E-state index contributed by atoms with van der Waals surface area (Å²) in [7, 11) is 0. The van der Waals surface area contributed by atoms with Crippen LogP contribution in [0.3, 0.4) is 0 Å². The number of aliphatic hydroxyl groups excluding tert-OH is 3. The number of ketones is 1. The molecule has 6 heteroatoms. The van der Waals surface area contributed by atoms with Crippen LogP contribution in [-0.2, 0) is 9.59 Å². The van der Waals surface area contributed by atoms with Crippen LogP contribution < -0.4 is 5.32 Å². The van der Waals surface area contributed by atoms with Crippen molar-refractivity contribution in [2.75, 3.05) is 13.2 Å². The van der Waals surface area contributed by atoms with Gasteiger partial charge in [-0.3, -0.25) is 9.59 Å². The lowest BCUT2D eigenvalue weighted by Crippen LogP contribution is -2.25. The fraction of sp³-hybridized carbons (Fsp3) is 0.727. The van der Waals surface area contributed by atoms with E-state index in [-0.39, 0.29) is 43.1 Å². The van der Waals surface area contributed by atoms with Crippen molar-refractivity contribution >= 4 is 11.7 Å². The first kappa shape index (κ1) is 24.5. The predicted octanol–water partition coefficient (Wildman–Crippen LogP) is 2.28. The number of unbranched alkanes of at least 4 members (excludes halogenated alkanes) is 3. The highest BCUT2D eigenvalue weighted by Crippen LogP contribution is 2.33. The number of rotatable bonds is 14. The molecular weight excluding hydrogens is 358 g/mol. The monoisotopic (exact) mass is 395 g/mol. The molecule has 0 heterocycles. The third-order valence-electron chi connectivity index (χ3n) is 5.17. The lowest BCUT2D eigenvalue weighted by Gasteiger charge is -2.17. The molecule has 160 valence electrons. The summed E-state index contributed by atoms with van der Waals surface area (Å²) < 4.78 is 0. The van der Waals surface area contributed by atoms with E-state index in [0.717, 1.165) is 25.7 Å². The number of amides is 1. The maximum absolute atomic E-state index is 12.2. The molecular formula is C22H37NO5. The van der Waals surface area contributed by atoms with Gasteiger partial charge in [-0.25, -0.2) is 0 Å². The number of hydrogen-bond donors (Lipinski definition) is 4. The van der Waals surface area contributed by atoms with Crippen molar-refractivity contribution in [2.24, 2.45) is 11.8 Å². The van der Waals surface area contributed by atoms with Gasteiger partial charge in [0.2, 0.25) is 5.91 Å². The molecule has 0 radical (unpaired) electrons. The Morgan fingerprint density at radius 2 is 2.07 bits per heavy atom. The average molecular weight is 396 g/mol. The first-order valence-corrected chi connectivity index (χ1v) is 10.6. The number of carbonyl (C=O) groups excluding carboxylic acids is 2. The van der Waals surface area contributed by atoms with Crippen LogP contribution in [0.15, 0.2) is 24.3 Å². The Morgan fingerprint density at radius 1 is 1.29 bits per heavy atom. The normalized spacial score (nSPS) is 23.7. The van der Waals surface area contributed by atoms with Crippen molar-refractivity contribution in [1.82, 2.24) is 5.32 Å². The minimum absolute atomic E-state index is 0.0310. The largest absolute Gasteiger partial charge is 0.395 e. The smallest absolute Gasteiger partial charge is 0.220 e. The quantitative estimate of drug-likeness (QED) is 0.267. The fourth-order valence-corrected chi connectivity index (χ4v) is 3.51. The van der Waals surface area contributed by atoms with Crippen molar-refractivity contribution in [3.8, 4) is 0 Å². The SMILES string of the molecule is CCCCC[C@@H](O)/C=C/[C@H]1C(=O)C[C@@H](O)[C@@H]1C/C=C\CCCC(=O)NCCO. The lowest BCUT2D eigenvalue weighted by atomic mass is 9.90. The number of carbonyl (C=O) groups is 2. The molecule has 1 aliphatic carbocycles. The standard InChI is InChI=1S/C22H37NO5/c1-2-3-6-9-17(25)12-13-19-18(20(26)16-21(19)27)10-7-4-5-8-11-22(28)23-14-15-24/h4,7,12-13,17-20,24-26H,2-3,5-6,8-11,14-16H2,1H3,(H,23,28)/b7-4-,13-12+/t17-,18-,19-,20-/m1/s1. The summed E-state index contributed by atoms with van der Waals surface area (Å²) in [5.74, 6) is -0.536.